The minimum atomic E-state index is -4.13. The average Bonchev–Trinajstić information content (AvgIpc) is 3.39. The van der Waals surface area contributed by atoms with Crippen molar-refractivity contribution < 1.29 is 27.7 Å². The van der Waals surface area contributed by atoms with Crippen molar-refractivity contribution in [1.82, 2.24) is 10.2 Å². The third kappa shape index (κ3) is 7.74. The zero-order chi connectivity index (χ0) is 28.9. The number of nitrogens with one attached hydrogen (secondary N) is 1. The SMILES string of the molecule is COc1ccc([N+](=O)[O-])cc1N(CC(=O)N(Cc1ccc(Cl)c(Cl)c1)[C@H](C)C(=O)NC1CCCC1)S(C)(=O)=O. The van der Waals surface area contributed by atoms with Gasteiger partial charge in [-0.25, -0.2) is 8.42 Å². The molecule has 11 nitrogen and oxygen atoms in total. The minimum Gasteiger partial charge on any atom is -0.495 e. The van der Waals surface area contributed by atoms with Crippen molar-refractivity contribution in [3.63, 3.8) is 0 Å². The molecular weight excluding hydrogens is 571 g/mol. The number of methoxy groups -OCH3 is 1. The quantitative estimate of drug-likeness (QED) is 0.302. The molecule has 0 aliphatic heterocycles. The van der Waals surface area contributed by atoms with E-state index in [1.54, 1.807) is 25.1 Å². The summed E-state index contributed by atoms with van der Waals surface area (Å²) in [4.78, 5) is 38.8. The van der Waals surface area contributed by atoms with Crippen LogP contribution in [0.15, 0.2) is 36.4 Å². The molecule has 1 aliphatic carbocycles. The van der Waals surface area contributed by atoms with Gasteiger partial charge >= 0.3 is 0 Å². The molecule has 0 heterocycles. The first kappa shape index (κ1) is 30.5. The highest BCUT2D eigenvalue weighted by atomic mass is 35.5. The maximum atomic E-state index is 13.7. The van der Waals surface area contributed by atoms with Gasteiger partial charge in [0.1, 0.15) is 24.0 Å². The molecule has 1 aliphatic rings. The highest BCUT2D eigenvalue weighted by Crippen LogP contribution is 2.34. The van der Waals surface area contributed by atoms with Crippen molar-refractivity contribution in [2.75, 3.05) is 24.2 Å². The topological polar surface area (TPSA) is 139 Å². The van der Waals surface area contributed by atoms with Gasteiger partial charge in [0, 0.05) is 24.7 Å². The van der Waals surface area contributed by atoms with Crippen LogP contribution in [0, 0.1) is 10.1 Å². The van der Waals surface area contributed by atoms with Crippen LogP contribution in [-0.4, -0.2) is 62.0 Å². The Morgan fingerprint density at radius 3 is 2.38 bits per heavy atom. The van der Waals surface area contributed by atoms with Gasteiger partial charge in [-0.3, -0.25) is 24.0 Å². The summed E-state index contributed by atoms with van der Waals surface area (Å²) in [5, 5.41) is 14.9. The summed E-state index contributed by atoms with van der Waals surface area (Å²) in [7, 11) is -2.85. The number of non-ortho nitro benzene ring substituents is 1. The van der Waals surface area contributed by atoms with Gasteiger partial charge in [-0.1, -0.05) is 42.1 Å². The van der Waals surface area contributed by atoms with E-state index >= 15 is 0 Å². The van der Waals surface area contributed by atoms with Crippen LogP contribution in [-0.2, 0) is 26.2 Å². The number of amides is 2. The predicted octanol–water partition coefficient (Wildman–Crippen LogP) is 4.15. The molecule has 14 heteroatoms. The second kappa shape index (κ2) is 12.8. The second-order valence-electron chi connectivity index (χ2n) is 9.32. The molecule has 0 saturated heterocycles. The van der Waals surface area contributed by atoms with Gasteiger partial charge in [0.15, 0.2) is 0 Å². The van der Waals surface area contributed by atoms with Gasteiger partial charge in [-0.05, 0) is 43.5 Å². The lowest BCUT2D eigenvalue weighted by atomic mass is 10.1. The van der Waals surface area contributed by atoms with Gasteiger partial charge in [-0.2, -0.15) is 0 Å². The van der Waals surface area contributed by atoms with Gasteiger partial charge in [0.25, 0.3) is 5.69 Å². The molecule has 1 atom stereocenters. The molecule has 0 spiro atoms. The van der Waals surface area contributed by atoms with Crippen LogP contribution in [0.3, 0.4) is 0 Å². The monoisotopic (exact) mass is 600 g/mol. The van der Waals surface area contributed by atoms with Crippen molar-refractivity contribution in [2.45, 2.75) is 51.2 Å². The van der Waals surface area contributed by atoms with Crippen molar-refractivity contribution in [3.8, 4) is 5.75 Å². The summed E-state index contributed by atoms with van der Waals surface area (Å²) in [5.41, 5.74) is 0.000990. The Bertz CT molecular complexity index is 1350. The fourth-order valence-corrected chi connectivity index (χ4v) is 5.56. The maximum Gasteiger partial charge on any atom is 0.271 e. The first-order valence-corrected chi connectivity index (χ1v) is 14.8. The van der Waals surface area contributed by atoms with Crippen LogP contribution in [0.5, 0.6) is 5.75 Å². The Kier molecular flexibility index (Phi) is 10.0. The van der Waals surface area contributed by atoms with Crippen LogP contribution >= 0.6 is 23.2 Å². The number of carbonyl (C=O) groups excluding carboxylic acids is 2. The lowest BCUT2D eigenvalue weighted by Gasteiger charge is -2.32. The van der Waals surface area contributed by atoms with E-state index in [-0.39, 0.29) is 40.6 Å². The molecule has 0 unspecified atom stereocenters. The highest BCUT2D eigenvalue weighted by molar-refractivity contribution is 7.92. The van der Waals surface area contributed by atoms with Crippen LogP contribution < -0.4 is 14.4 Å². The number of nitrogens with zero attached hydrogens (tertiary/aromatic N) is 3. The Balaban J connectivity index is 1.98. The average molecular weight is 602 g/mol. The lowest BCUT2D eigenvalue weighted by molar-refractivity contribution is -0.384. The molecule has 0 radical (unpaired) electrons. The van der Waals surface area contributed by atoms with E-state index in [4.69, 9.17) is 27.9 Å². The molecular formula is C25H30Cl2N4O7S. The molecule has 0 bridgehead atoms. The van der Waals surface area contributed by atoms with Gasteiger partial charge in [0.2, 0.25) is 21.8 Å². The molecule has 1 saturated carbocycles. The number of anilines is 1. The summed E-state index contributed by atoms with van der Waals surface area (Å²) in [5.74, 6) is -1.08. The Labute approximate surface area is 237 Å². The molecule has 2 aromatic rings. The number of halogens is 2. The molecule has 39 heavy (non-hydrogen) atoms. The first-order chi connectivity index (χ1) is 18.3. The van der Waals surface area contributed by atoms with Crippen molar-refractivity contribution >= 4 is 56.4 Å². The normalized spacial score (nSPS) is 14.5. The van der Waals surface area contributed by atoms with Crippen molar-refractivity contribution in [3.05, 3.63) is 62.1 Å². The van der Waals surface area contributed by atoms with Crippen LogP contribution in [0.2, 0.25) is 10.0 Å². The van der Waals surface area contributed by atoms with Crippen molar-refractivity contribution in [2.24, 2.45) is 0 Å². The summed E-state index contributed by atoms with van der Waals surface area (Å²) in [6, 6.07) is 7.23. The van der Waals surface area contributed by atoms with Crippen molar-refractivity contribution in [1.29, 1.82) is 0 Å². The van der Waals surface area contributed by atoms with E-state index < -0.39 is 33.4 Å². The number of hydrogen-bond acceptors (Lipinski definition) is 7. The number of carbonyl (C=O) groups is 2. The number of hydrogen-bond donors (Lipinski definition) is 1. The summed E-state index contributed by atoms with van der Waals surface area (Å²) in [6.45, 7) is 0.746. The largest absolute Gasteiger partial charge is 0.495 e. The van der Waals surface area contributed by atoms with E-state index in [1.165, 1.54) is 18.1 Å². The maximum absolute atomic E-state index is 13.7. The zero-order valence-electron chi connectivity index (χ0n) is 21.7. The van der Waals surface area contributed by atoms with E-state index in [0.29, 0.717) is 10.6 Å². The fraction of sp³-hybridized carbons (Fsp3) is 0.440. The Morgan fingerprint density at radius 1 is 1.15 bits per heavy atom. The molecule has 1 fully saturated rings. The Hall–Kier alpha value is -3.09. The molecule has 2 aromatic carbocycles. The van der Waals surface area contributed by atoms with E-state index in [9.17, 15) is 28.1 Å². The lowest BCUT2D eigenvalue weighted by Crippen LogP contribution is -2.52. The number of rotatable bonds is 11. The smallest absolute Gasteiger partial charge is 0.271 e. The van der Waals surface area contributed by atoms with Crippen LogP contribution in [0.1, 0.15) is 38.2 Å². The van der Waals surface area contributed by atoms with E-state index in [2.05, 4.69) is 5.32 Å². The molecule has 0 aromatic heterocycles. The van der Waals surface area contributed by atoms with Gasteiger partial charge < -0.3 is 15.0 Å². The third-order valence-electron chi connectivity index (χ3n) is 6.53. The van der Waals surface area contributed by atoms with Gasteiger partial charge in [0.05, 0.1) is 28.3 Å². The van der Waals surface area contributed by atoms with Crippen LogP contribution in [0.4, 0.5) is 11.4 Å². The third-order valence-corrected chi connectivity index (χ3v) is 8.39. The number of sulfonamides is 1. The van der Waals surface area contributed by atoms with E-state index in [0.717, 1.165) is 48.4 Å². The zero-order valence-corrected chi connectivity index (χ0v) is 24.1. The number of nitro benzene ring substituents is 1. The number of ether oxygens (including phenoxy) is 1. The molecule has 1 N–H and O–H groups in total. The highest BCUT2D eigenvalue weighted by Gasteiger charge is 2.33. The summed E-state index contributed by atoms with van der Waals surface area (Å²) >= 11 is 12.2. The molecule has 3 rings (SSSR count). The fourth-order valence-electron chi connectivity index (χ4n) is 4.39. The number of nitro groups is 1. The van der Waals surface area contributed by atoms with Crippen LogP contribution in [0.25, 0.3) is 0 Å². The molecule has 212 valence electrons. The van der Waals surface area contributed by atoms with Gasteiger partial charge in [-0.15, -0.1) is 0 Å². The predicted molar refractivity (Wildman–Crippen MR) is 149 cm³/mol. The minimum absolute atomic E-state index is 0.00326. The Morgan fingerprint density at radius 2 is 1.82 bits per heavy atom. The number of benzene rings is 2. The summed E-state index contributed by atoms with van der Waals surface area (Å²) < 4.78 is 31.6. The first-order valence-electron chi connectivity index (χ1n) is 12.2. The standard InChI is InChI=1S/C25H30Cl2N4O7S/c1-16(25(33)28-18-6-4-5-7-18)29(14-17-8-10-20(26)21(27)12-17)24(32)15-30(39(3,36)37)22-13-19(31(34)35)9-11-23(22)38-2/h8-13,16,18H,4-7,14-15H2,1-3H3,(H,28,33)/t16-/m1/s1. The summed E-state index contributed by atoms with van der Waals surface area (Å²) in [6.07, 6.45) is 4.55. The molecule has 2 amide bonds. The van der Waals surface area contributed by atoms with E-state index in [1.807, 2.05) is 0 Å². The second-order valence-corrected chi connectivity index (χ2v) is 12.0.